The number of aliphatic hydroxyl groups excluding tert-OH is 1. The summed E-state index contributed by atoms with van der Waals surface area (Å²) in [7, 11) is 0. The molecule has 2 unspecified atom stereocenters. The molecular formula is C13H14F3NO3. The molecule has 2 atom stereocenters. The van der Waals surface area contributed by atoms with E-state index < -0.39 is 24.2 Å². The summed E-state index contributed by atoms with van der Waals surface area (Å²) < 4.78 is 41.9. The van der Waals surface area contributed by atoms with Crippen molar-refractivity contribution in [3.05, 3.63) is 29.3 Å². The van der Waals surface area contributed by atoms with Crippen LogP contribution in [0.25, 0.3) is 0 Å². The smallest absolute Gasteiger partial charge is 0.471 e. The topological polar surface area (TPSA) is 58.6 Å². The van der Waals surface area contributed by atoms with Crippen LogP contribution in [-0.2, 0) is 11.2 Å². The Bertz CT molecular complexity index is 516. The number of aliphatic hydroxyl groups is 1. The maximum Gasteiger partial charge on any atom is 0.471 e. The van der Waals surface area contributed by atoms with Gasteiger partial charge in [-0.2, -0.15) is 13.2 Å². The normalized spacial score (nSPS) is 21.4. The van der Waals surface area contributed by atoms with Gasteiger partial charge in [0, 0.05) is 0 Å². The summed E-state index contributed by atoms with van der Waals surface area (Å²) in [5.41, 5.74) is 1.19. The van der Waals surface area contributed by atoms with E-state index in [0.29, 0.717) is 23.5 Å². The van der Waals surface area contributed by atoms with Gasteiger partial charge in [0.1, 0.15) is 5.75 Å². The van der Waals surface area contributed by atoms with Gasteiger partial charge in [-0.15, -0.1) is 0 Å². The predicted octanol–water partition coefficient (Wildman–Crippen LogP) is 1.72. The lowest BCUT2D eigenvalue weighted by Gasteiger charge is -2.18. The Kier molecular flexibility index (Phi) is 3.89. The van der Waals surface area contributed by atoms with Gasteiger partial charge in [-0.05, 0) is 36.6 Å². The molecule has 0 saturated carbocycles. The highest BCUT2D eigenvalue weighted by molar-refractivity contribution is 5.82. The highest BCUT2D eigenvalue weighted by atomic mass is 19.4. The van der Waals surface area contributed by atoms with Crippen LogP contribution in [0.1, 0.15) is 24.2 Å². The number of amides is 1. The van der Waals surface area contributed by atoms with E-state index in [-0.39, 0.29) is 6.42 Å². The lowest BCUT2D eigenvalue weighted by atomic mass is 10.1. The average Bonchev–Trinajstić information content (AvgIpc) is 2.66. The largest absolute Gasteiger partial charge is 0.494 e. The fraction of sp³-hybridized carbons (Fsp3) is 0.462. The van der Waals surface area contributed by atoms with E-state index in [4.69, 9.17) is 4.74 Å². The molecule has 20 heavy (non-hydrogen) atoms. The third-order valence-electron chi connectivity index (χ3n) is 3.14. The summed E-state index contributed by atoms with van der Waals surface area (Å²) >= 11 is 0. The standard InChI is InChI=1S/C13H14F3NO3/c1-2-20-8-4-3-7-5-10(11(18)9(7)6-8)17-12(19)13(14,15)16/h3-4,6,10-11,18H,2,5H2,1H3,(H,17,19). The van der Waals surface area contributed by atoms with Crippen LogP contribution in [0.3, 0.4) is 0 Å². The molecule has 110 valence electrons. The second kappa shape index (κ2) is 5.32. The van der Waals surface area contributed by atoms with E-state index in [2.05, 4.69) is 0 Å². The van der Waals surface area contributed by atoms with Crippen molar-refractivity contribution in [3.8, 4) is 5.75 Å². The van der Waals surface area contributed by atoms with Crippen LogP contribution in [0.2, 0.25) is 0 Å². The molecule has 0 heterocycles. The Morgan fingerprint density at radius 1 is 1.50 bits per heavy atom. The third-order valence-corrected chi connectivity index (χ3v) is 3.14. The molecule has 0 bridgehead atoms. The Morgan fingerprint density at radius 3 is 2.80 bits per heavy atom. The van der Waals surface area contributed by atoms with Crippen LogP contribution in [0.4, 0.5) is 13.2 Å². The fourth-order valence-corrected chi connectivity index (χ4v) is 2.24. The number of ether oxygens (including phenoxy) is 1. The van der Waals surface area contributed by atoms with Crippen molar-refractivity contribution >= 4 is 5.91 Å². The molecule has 0 aliphatic heterocycles. The summed E-state index contributed by atoms with van der Waals surface area (Å²) in [6.45, 7) is 2.25. The van der Waals surface area contributed by atoms with Crippen LogP contribution >= 0.6 is 0 Å². The van der Waals surface area contributed by atoms with Crippen molar-refractivity contribution in [1.82, 2.24) is 5.32 Å². The number of benzene rings is 1. The van der Waals surface area contributed by atoms with Crippen molar-refractivity contribution in [2.24, 2.45) is 0 Å². The molecule has 7 heteroatoms. The lowest BCUT2D eigenvalue weighted by Crippen LogP contribution is -2.44. The van der Waals surface area contributed by atoms with Gasteiger partial charge >= 0.3 is 12.1 Å². The second-order valence-corrected chi connectivity index (χ2v) is 4.52. The third kappa shape index (κ3) is 2.87. The van der Waals surface area contributed by atoms with Gasteiger partial charge in [0.15, 0.2) is 0 Å². The molecule has 4 nitrogen and oxygen atoms in total. The molecule has 0 saturated heterocycles. The highest BCUT2D eigenvalue weighted by Crippen LogP contribution is 2.34. The van der Waals surface area contributed by atoms with Crippen molar-refractivity contribution in [2.75, 3.05) is 6.61 Å². The molecular weight excluding hydrogens is 275 g/mol. The van der Waals surface area contributed by atoms with E-state index in [9.17, 15) is 23.1 Å². The number of carbonyl (C=O) groups is 1. The molecule has 1 aliphatic rings. The molecule has 1 amide bonds. The van der Waals surface area contributed by atoms with Crippen LogP contribution in [0, 0.1) is 0 Å². The number of alkyl halides is 3. The summed E-state index contributed by atoms with van der Waals surface area (Å²) in [6.07, 6.45) is -5.97. The molecule has 1 aliphatic carbocycles. The Morgan fingerprint density at radius 2 is 2.20 bits per heavy atom. The zero-order valence-corrected chi connectivity index (χ0v) is 10.7. The molecule has 0 aromatic heterocycles. The Labute approximate surface area is 113 Å². The SMILES string of the molecule is CCOc1ccc2c(c1)C(O)C(NC(=O)C(F)(F)F)C2. The Hall–Kier alpha value is -1.76. The van der Waals surface area contributed by atoms with E-state index >= 15 is 0 Å². The Balaban J connectivity index is 2.13. The van der Waals surface area contributed by atoms with Crippen LogP contribution in [-0.4, -0.2) is 29.8 Å². The predicted molar refractivity (Wildman–Crippen MR) is 64.3 cm³/mol. The minimum absolute atomic E-state index is 0.157. The van der Waals surface area contributed by atoms with Crippen LogP contribution < -0.4 is 10.1 Å². The number of fused-ring (bicyclic) bond motifs is 1. The minimum Gasteiger partial charge on any atom is -0.494 e. The van der Waals surface area contributed by atoms with E-state index in [0.717, 1.165) is 0 Å². The fourth-order valence-electron chi connectivity index (χ4n) is 2.24. The van der Waals surface area contributed by atoms with E-state index in [1.165, 1.54) is 0 Å². The molecule has 2 N–H and O–H groups in total. The molecule has 1 aromatic carbocycles. The zero-order valence-electron chi connectivity index (χ0n) is 10.7. The summed E-state index contributed by atoms with van der Waals surface area (Å²) in [6, 6.07) is 3.98. The first-order valence-electron chi connectivity index (χ1n) is 6.14. The van der Waals surface area contributed by atoms with Gasteiger partial charge in [0.25, 0.3) is 0 Å². The summed E-state index contributed by atoms with van der Waals surface area (Å²) in [4.78, 5) is 10.9. The molecule has 0 fully saturated rings. The molecule has 1 aromatic rings. The maximum atomic E-state index is 12.2. The van der Waals surface area contributed by atoms with Gasteiger partial charge < -0.3 is 15.2 Å². The molecule has 0 spiro atoms. The molecule has 2 rings (SSSR count). The quantitative estimate of drug-likeness (QED) is 0.891. The van der Waals surface area contributed by atoms with Crippen LogP contribution in [0.5, 0.6) is 5.75 Å². The number of rotatable bonds is 3. The van der Waals surface area contributed by atoms with Gasteiger partial charge in [-0.1, -0.05) is 6.07 Å². The number of halogens is 3. The minimum atomic E-state index is -4.95. The number of nitrogens with one attached hydrogen (secondary N) is 1. The summed E-state index contributed by atoms with van der Waals surface area (Å²) in [5, 5.41) is 11.8. The number of hydrogen-bond donors (Lipinski definition) is 2. The monoisotopic (exact) mass is 289 g/mol. The zero-order chi connectivity index (χ0) is 14.9. The van der Waals surface area contributed by atoms with Gasteiger partial charge in [-0.3, -0.25) is 4.79 Å². The number of hydrogen-bond acceptors (Lipinski definition) is 3. The van der Waals surface area contributed by atoms with Crippen molar-refractivity contribution in [3.63, 3.8) is 0 Å². The first-order chi connectivity index (χ1) is 9.32. The first-order valence-corrected chi connectivity index (χ1v) is 6.14. The van der Waals surface area contributed by atoms with Crippen LogP contribution in [0.15, 0.2) is 18.2 Å². The average molecular weight is 289 g/mol. The highest BCUT2D eigenvalue weighted by Gasteiger charge is 2.42. The van der Waals surface area contributed by atoms with Gasteiger partial charge in [-0.25, -0.2) is 0 Å². The van der Waals surface area contributed by atoms with Gasteiger partial charge in [0.05, 0.1) is 18.8 Å². The maximum absolute atomic E-state index is 12.2. The lowest BCUT2D eigenvalue weighted by molar-refractivity contribution is -0.175. The van der Waals surface area contributed by atoms with Crippen molar-refractivity contribution in [2.45, 2.75) is 31.7 Å². The van der Waals surface area contributed by atoms with Crippen molar-refractivity contribution < 1.29 is 27.8 Å². The molecule has 0 radical (unpaired) electrons. The summed E-state index contributed by atoms with van der Waals surface area (Å²) in [5.74, 6) is -1.51. The van der Waals surface area contributed by atoms with Crippen molar-refractivity contribution in [1.29, 1.82) is 0 Å². The van der Waals surface area contributed by atoms with E-state index in [1.54, 1.807) is 25.1 Å². The second-order valence-electron chi connectivity index (χ2n) is 4.52. The number of carbonyl (C=O) groups excluding carboxylic acids is 1. The van der Waals surface area contributed by atoms with E-state index in [1.807, 2.05) is 5.32 Å². The van der Waals surface area contributed by atoms with Gasteiger partial charge in [0.2, 0.25) is 0 Å². The first kappa shape index (κ1) is 14.6.